The molecule has 0 aliphatic heterocycles. The molecule has 0 saturated heterocycles. The van der Waals surface area contributed by atoms with Gasteiger partial charge < -0.3 is 29.6 Å². The molecule has 2 amide bonds. The Labute approximate surface area is 178 Å². The van der Waals surface area contributed by atoms with Crippen molar-refractivity contribution in [2.24, 2.45) is 0 Å². The lowest BCUT2D eigenvalue weighted by atomic mass is 10.2. The summed E-state index contributed by atoms with van der Waals surface area (Å²) in [6, 6.07) is 8.73. The molecule has 0 heterocycles. The fraction of sp³-hybridized carbons (Fsp3) is 0.333. The molecule has 168 valence electrons. The van der Waals surface area contributed by atoms with Crippen LogP contribution in [-0.2, 0) is 4.79 Å². The number of rotatable bonds is 11. The summed E-state index contributed by atoms with van der Waals surface area (Å²) in [4.78, 5) is 24.5. The highest BCUT2D eigenvalue weighted by Crippen LogP contribution is 2.31. The third kappa shape index (κ3) is 7.02. The Morgan fingerprint density at radius 2 is 1.61 bits per heavy atom. The summed E-state index contributed by atoms with van der Waals surface area (Å²) in [7, 11) is 1.30. The van der Waals surface area contributed by atoms with E-state index in [-0.39, 0.29) is 29.3 Å². The fourth-order valence-electron chi connectivity index (χ4n) is 2.60. The highest BCUT2D eigenvalue weighted by Gasteiger charge is 2.15. The van der Waals surface area contributed by atoms with Crippen molar-refractivity contribution in [3.63, 3.8) is 0 Å². The van der Waals surface area contributed by atoms with Gasteiger partial charge in [-0.1, -0.05) is 0 Å². The Hall–Kier alpha value is -3.56. The number of hydrogen-bond acceptors (Lipinski definition) is 6. The van der Waals surface area contributed by atoms with Crippen LogP contribution in [0.1, 0.15) is 24.2 Å². The molecule has 0 unspecified atom stereocenters. The number of benzene rings is 2. The smallest absolute Gasteiger partial charge is 0.387 e. The van der Waals surface area contributed by atoms with Gasteiger partial charge in [0.25, 0.3) is 5.91 Å². The van der Waals surface area contributed by atoms with Crippen molar-refractivity contribution in [3.05, 3.63) is 42.0 Å². The van der Waals surface area contributed by atoms with Crippen LogP contribution < -0.4 is 29.6 Å². The second-order valence-electron chi connectivity index (χ2n) is 6.00. The molecular formula is C21H24F2N2O6. The molecule has 2 N–H and O–H groups in total. The zero-order chi connectivity index (χ0) is 22.8. The van der Waals surface area contributed by atoms with Crippen molar-refractivity contribution < 1.29 is 37.3 Å². The van der Waals surface area contributed by atoms with Crippen molar-refractivity contribution >= 4 is 17.5 Å². The predicted octanol–water partition coefficient (Wildman–Crippen LogP) is 3.46. The van der Waals surface area contributed by atoms with E-state index in [9.17, 15) is 18.4 Å². The zero-order valence-corrected chi connectivity index (χ0v) is 17.4. The molecule has 0 aliphatic carbocycles. The average Bonchev–Trinajstić information content (AvgIpc) is 2.73. The number of nitrogens with one attached hydrogen (secondary N) is 2. The summed E-state index contributed by atoms with van der Waals surface area (Å²) in [5.74, 6) is -0.247. The molecule has 2 rings (SSSR count). The van der Waals surface area contributed by atoms with Gasteiger partial charge in [0.05, 0.1) is 26.9 Å². The minimum Gasteiger partial charge on any atom is -0.493 e. The summed E-state index contributed by atoms with van der Waals surface area (Å²) in [6.07, 6.45) is 0. The molecule has 0 spiro atoms. The van der Waals surface area contributed by atoms with E-state index in [1.54, 1.807) is 12.1 Å². The topological polar surface area (TPSA) is 95.1 Å². The van der Waals surface area contributed by atoms with Gasteiger partial charge in [-0.05, 0) is 44.2 Å². The molecule has 0 bridgehead atoms. The second kappa shape index (κ2) is 11.6. The normalized spacial score (nSPS) is 10.4. The first-order chi connectivity index (χ1) is 14.9. The molecule has 0 aliphatic rings. The van der Waals surface area contributed by atoms with Gasteiger partial charge >= 0.3 is 6.61 Å². The maximum Gasteiger partial charge on any atom is 0.387 e. The van der Waals surface area contributed by atoms with Gasteiger partial charge in [-0.2, -0.15) is 8.78 Å². The molecule has 31 heavy (non-hydrogen) atoms. The Kier molecular flexibility index (Phi) is 8.86. The molecule has 0 fully saturated rings. The highest BCUT2D eigenvalue weighted by molar-refractivity contribution is 5.99. The zero-order valence-electron chi connectivity index (χ0n) is 17.4. The maximum atomic E-state index is 12.5. The quantitative estimate of drug-likeness (QED) is 0.558. The average molecular weight is 438 g/mol. The van der Waals surface area contributed by atoms with E-state index in [0.29, 0.717) is 24.7 Å². The van der Waals surface area contributed by atoms with E-state index >= 15 is 0 Å². The van der Waals surface area contributed by atoms with E-state index in [2.05, 4.69) is 15.4 Å². The first-order valence-electron chi connectivity index (χ1n) is 9.48. The lowest BCUT2D eigenvalue weighted by Gasteiger charge is -2.13. The van der Waals surface area contributed by atoms with Crippen molar-refractivity contribution in [3.8, 4) is 23.0 Å². The van der Waals surface area contributed by atoms with Crippen LogP contribution in [0, 0.1) is 0 Å². The number of methoxy groups -OCH3 is 1. The minimum absolute atomic E-state index is 0.0900. The molecule has 0 aromatic heterocycles. The summed E-state index contributed by atoms with van der Waals surface area (Å²) in [5.41, 5.74) is 0.493. The van der Waals surface area contributed by atoms with E-state index < -0.39 is 18.4 Å². The molecule has 0 atom stereocenters. The van der Waals surface area contributed by atoms with Crippen molar-refractivity contribution in [1.29, 1.82) is 0 Å². The lowest BCUT2D eigenvalue weighted by molar-refractivity contribution is -0.115. The number of halogens is 2. The van der Waals surface area contributed by atoms with Crippen molar-refractivity contribution in [2.45, 2.75) is 20.5 Å². The molecule has 2 aromatic carbocycles. The SMILES string of the molecule is CCOc1ccc(C(=O)NCC(=O)Nc2ccc(OC)c(OC(F)F)c2)cc1OCC. The summed E-state index contributed by atoms with van der Waals surface area (Å²) in [5, 5.41) is 4.98. The number of anilines is 1. The van der Waals surface area contributed by atoms with Crippen LogP contribution in [0.5, 0.6) is 23.0 Å². The lowest BCUT2D eigenvalue weighted by Crippen LogP contribution is -2.32. The summed E-state index contributed by atoms with van der Waals surface area (Å²) >= 11 is 0. The third-order valence-electron chi connectivity index (χ3n) is 3.88. The van der Waals surface area contributed by atoms with Gasteiger partial charge in [0.1, 0.15) is 0 Å². The molecular weight excluding hydrogens is 414 g/mol. The number of ether oxygens (including phenoxy) is 4. The molecule has 2 aromatic rings. The number of carbonyl (C=O) groups is 2. The second-order valence-corrected chi connectivity index (χ2v) is 6.00. The Morgan fingerprint density at radius 3 is 2.26 bits per heavy atom. The summed E-state index contributed by atoms with van der Waals surface area (Å²) < 4.78 is 45.3. The van der Waals surface area contributed by atoms with E-state index in [1.807, 2.05) is 13.8 Å². The van der Waals surface area contributed by atoms with Gasteiger partial charge in [-0.15, -0.1) is 0 Å². The molecule has 10 heteroatoms. The highest BCUT2D eigenvalue weighted by atomic mass is 19.3. The van der Waals surface area contributed by atoms with Gasteiger partial charge in [0.15, 0.2) is 23.0 Å². The Bertz CT molecular complexity index is 907. The monoisotopic (exact) mass is 438 g/mol. The largest absolute Gasteiger partial charge is 0.493 e. The maximum absolute atomic E-state index is 12.5. The Balaban J connectivity index is 1.99. The van der Waals surface area contributed by atoms with Crippen LogP contribution in [0.25, 0.3) is 0 Å². The van der Waals surface area contributed by atoms with Gasteiger partial charge in [-0.25, -0.2) is 0 Å². The fourth-order valence-corrected chi connectivity index (χ4v) is 2.60. The van der Waals surface area contributed by atoms with Crippen LogP contribution >= 0.6 is 0 Å². The van der Waals surface area contributed by atoms with E-state index in [4.69, 9.17) is 14.2 Å². The van der Waals surface area contributed by atoms with Crippen LogP contribution in [0.3, 0.4) is 0 Å². The number of amides is 2. The first-order valence-corrected chi connectivity index (χ1v) is 9.48. The van der Waals surface area contributed by atoms with Crippen molar-refractivity contribution in [2.75, 3.05) is 32.2 Å². The number of carbonyl (C=O) groups excluding carboxylic acids is 2. The molecule has 0 saturated carbocycles. The van der Waals surface area contributed by atoms with Gasteiger partial charge in [0.2, 0.25) is 5.91 Å². The summed E-state index contributed by atoms with van der Waals surface area (Å²) in [6.45, 7) is 1.10. The standard InChI is InChI=1S/C21H24F2N2O6/c1-4-29-16-8-6-13(10-17(16)30-5-2)20(27)24-12-19(26)25-14-7-9-15(28-3)18(11-14)31-21(22)23/h6-11,21H,4-5,12H2,1-3H3,(H,24,27)(H,25,26). The van der Waals surface area contributed by atoms with E-state index in [0.717, 1.165) is 0 Å². The van der Waals surface area contributed by atoms with Crippen LogP contribution in [0.4, 0.5) is 14.5 Å². The van der Waals surface area contributed by atoms with Crippen LogP contribution in [0.2, 0.25) is 0 Å². The van der Waals surface area contributed by atoms with Crippen LogP contribution in [0.15, 0.2) is 36.4 Å². The van der Waals surface area contributed by atoms with E-state index in [1.165, 1.54) is 31.4 Å². The van der Waals surface area contributed by atoms with Crippen LogP contribution in [-0.4, -0.2) is 45.3 Å². The van der Waals surface area contributed by atoms with Gasteiger partial charge in [-0.3, -0.25) is 9.59 Å². The van der Waals surface area contributed by atoms with Gasteiger partial charge in [0, 0.05) is 17.3 Å². The molecule has 8 nitrogen and oxygen atoms in total. The number of hydrogen-bond donors (Lipinski definition) is 2. The van der Waals surface area contributed by atoms with Crippen molar-refractivity contribution in [1.82, 2.24) is 5.32 Å². The minimum atomic E-state index is -3.05. The Morgan fingerprint density at radius 1 is 0.935 bits per heavy atom. The third-order valence-corrected chi connectivity index (χ3v) is 3.88. The molecule has 0 radical (unpaired) electrons. The number of alkyl halides is 2. The first kappa shape index (κ1) is 23.7. The predicted molar refractivity (Wildman–Crippen MR) is 109 cm³/mol.